The van der Waals surface area contributed by atoms with E-state index in [4.69, 9.17) is 14.2 Å². The van der Waals surface area contributed by atoms with Crippen LogP contribution < -0.4 is 24.8 Å². The maximum absolute atomic E-state index is 14.8. The van der Waals surface area contributed by atoms with Gasteiger partial charge in [0.25, 0.3) is 5.91 Å². The summed E-state index contributed by atoms with van der Waals surface area (Å²) in [7, 11) is -2.82. The lowest BCUT2D eigenvalue weighted by Gasteiger charge is -2.33. The van der Waals surface area contributed by atoms with Gasteiger partial charge in [-0.2, -0.15) is 0 Å². The second-order valence-electron chi connectivity index (χ2n) is 17.0. The number of carbonyl (C=O) groups excluding carboxylic acids is 4. The van der Waals surface area contributed by atoms with Crippen molar-refractivity contribution in [3.05, 3.63) is 30.5 Å². The molecule has 0 spiro atoms. The quantitative estimate of drug-likeness (QED) is 0.344. The average Bonchev–Trinajstić information content (AvgIpc) is 4.02. The highest BCUT2D eigenvalue weighted by Gasteiger charge is 2.64. The molecule has 4 amide bonds. The first-order chi connectivity index (χ1) is 25.9. The van der Waals surface area contributed by atoms with E-state index >= 15 is 0 Å². The standard InChI is InChI=1S/C39H54FN5O9S/c1-23-11-7-8-12-25-19-39(25,35(48)44-55(50,51)38(22-40)15-16-38)43-32(46)29-18-26(53-33-28-14-10-9-13-27(28)30(52-6)20-41-33)21-45(29)34(47)31(24(2)17-23)42-36(49)54-37(3,4)5/h9-10,13-14,20,23-26,29,31H,7-8,11-12,15-19,21-22H2,1-6H3,(H,42,49)(H,43,46)(H,44,48)/t23-,24+,25-,26+,29-,31-,39+/m0/s1. The number of pyridine rings is 1. The van der Waals surface area contributed by atoms with Crippen molar-refractivity contribution >= 4 is 44.6 Å². The molecule has 0 radical (unpaired) electrons. The van der Waals surface area contributed by atoms with Crippen LogP contribution in [-0.2, 0) is 29.1 Å². The molecule has 16 heteroatoms. The number of carbonyl (C=O) groups is 4. The van der Waals surface area contributed by atoms with Gasteiger partial charge in [-0.05, 0) is 76.7 Å². The minimum Gasteiger partial charge on any atom is -0.494 e. The van der Waals surface area contributed by atoms with Crippen LogP contribution in [0.5, 0.6) is 11.6 Å². The molecular weight excluding hydrogens is 734 g/mol. The molecule has 1 aromatic carbocycles. The van der Waals surface area contributed by atoms with Gasteiger partial charge in [0.15, 0.2) is 0 Å². The van der Waals surface area contributed by atoms with Crippen LogP contribution in [0.1, 0.15) is 92.4 Å². The topological polar surface area (TPSA) is 182 Å². The zero-order valence-corrected chi connectivity index (χ0v) is 33.3. The molecular formula is C39H54FN5O9S. The molecule has 55 heavy (non-hydrogen) atoms. The van der Waals surface area contributed by atoms with Gasteiger partial charge in [0.1, 0.15) is 46.5 Å². The number of nitrogens with zero attached hydrogens (tertiary/aromatic N) is 2. The number of methoxy groups -OCH3 is 1. The predicted molar refractivity (Wildman–Crippen MR) is 201 cm³/mol. The van der Waals surface area contributed by atoms with Crippen LogP contribution in [-0.4, -0.2) is 96.5 Å². The van der Waals surface area contributed by atoms with Crippen molar-refractivity contribution in [2.75, 3.05) is 20.3 Å². The van der Waals surface area contributed by atoms with E-state index in [9.17, 15) is 32.0 Å². The molecule has 0 unspecified atom stereocenters. The SMILES string of the molecule is COc1cnc(O[C@@H]2C[C@H]3C(=O)N[C@]4(C(=O)NS(=O)(=O)C5(CF)CC5)C[C@@H]4CCCC[C@H](C)C[C@@H](C)[C@H](NC(=O)OC(C)(C)C)C(=O)N3C2)c2ccccc12. The van der Waals surface area contributed by atoms with Crippen molar-refractivity contribution in [1.82, 2.24) is 25.2 Å². The van der Waals surface area contributed by atoms with Crippen LogP contribution in [0.3, 0.4) is 0 Å². The number of hydrogen-bond donors (Lipinski definition) is 3. The minimum atomic E-state index is -4.36. The highest BCUT2D eigenvalue weighted by molar-refractivity contribution is 7.91. The second-order valence-corrected chi connectivity index (χ2v) is 19.1. The first kappa shape index (κ1) is 40.5. The Morgan fingerprint density at radius 3 is 2.42 bits per heavy atom. The molecule has 2 saturated carbocycles. The number of benzene rings is 1. The molecule has 0 bridgehead atoms. The van der Waals surface area contributed by atoms with Crippen molar-refractivity contribution in [3.8, 4) is 11.6 Å². The molecule has 3 N–H and O–H groups in total. The molecule has 4 fully saturated rings. The number of alkyl halides is 1. The molecule has 2 saturated heterocycles. The van der Waals surface area contributed by atoms with Crippen LogP contribution in [0.2, 0.25) is 0 Å². The van der Waals surface area contributed by atoms with Crippen molar-refractivity contribution < 1.29 is 46.2 Å². The fraction of sp³-hybridized carbons (Fsp3) is 0.667. The number of aromatic nitrogens is 1. The van der Waals surface area contributed by atoms with Crippen molar-refractivity contribution in [3.63, 3.8) is 0 Å². The van der Waals surface area contributed by atoms with Gasteiger partial charge in [0, 0.05) is 17.2 Å². The van der Waals surface area contributed by atoms with E-state index in [-0.39, 0.29) is 55.9 Å². The van der Waals surface area contributed by atoms with Gasteiger partial charge in [-0.15, -0.1) is 0 Å². The number of fused-ring (bicyclic) bond motifs is 3. The van der Waals surface area contributed by atoms with Crippen LogP contribution in [0.15, 0.2) is 30.5 Å². The summed E-state index contributed by atoms with van der Waals surface area (Å²) in [6.07, 6.45) is 3.93. The summed E-state index contributed by atoms with van der Waals surface area (Å²) >= 11 is 0. The molecule has 302 valence electrons. The molecule has 1 aromatic heterocycles. The van der Waals surface area contributed by atoms with E-state index in [1.54, 1.807) is 20.8 Å². The van der Waals surface area contributed by atoms with Crippen LogP contribution >= 0.6 is 0 Å². The fourth-order valence-electron chi connectivity index (χ4n) is 8.17. The van der Waals surface area contributed by atoms with Gasteiger partial charge in [0.2, 0.25) is 27.7 Å². The molecule has 14 nitrogen and oxygen atoms in total. The number of alkyl carbamates (subject to hydrolysis) is 1. The Labute approximate surface area is 322 Å². The van der Waals surface area contributed by atoms with Gasteiger partial charge in [-0.3, -0.25) is 19.1 Å². The average molecular weight is 788 g/mol. The number of ether oxygens (including phenoxy) is 3. The van der Waals surface area contributed by atoms with E-state index in [1.165, 1.54) is 18.2 Å². The Kier molecular flexibility index (Phi) is 11.3. The Bertz CT molecular complexity index is 1920. The molecule has 6 rings (SSSR count). The van der Waals surface area contributed by atoms with Gasteiger partial charge >= 0.3 is 6.09 Å². The Hall–Kier alpha value is -4.21. The van der Waals surface area contributed by atoms with Gasteiger partial charge in [0.05, 0.1) is 19.9 Å². The summed E-state index contributed by atoms with van der Waals surface area (Å²) in [5.41, 5.74) is -2.40. The summed E-state index contributed by atoms with van der Waals surface area (Å²) < 4.78 is 58.2. The van der Waals surface area contributed by atoms with E-state index in [0.29, 0.717) is 24.0 Å². The monoisotopic (exact) mass is 787 g/mol. The van der Waals surface area contributed by atoms with Gasteiger partial charge < -0.3 is 29.7 Å². The van der Waals surface area contributed by atoms with Gasteiger partial charge in [-0.1, -0.05) is 51.3 Å². The Morgan fingerprint density at radius 2 is 1.76 bits per heavy atom. The van der Waals surface area contributed by atoms with Crippen LogP contribution in [0, 0.1) is 17.8 Å². The van der Waals surface area contributed by atoms with Crippen LogP contribution in [0.25, 0.3) is 10.8 Å². The summed E-state index contributed by atoms with van der Waals surface area (Å²) in [5, 5.41) is 7.09. The largest absolute Gasteiger partial charge is 0.494 e. The Balaban J connectivity index is 1.34. The van der Waals surface area contributed by atoms with E-state index < -0.39 is 74.6 Å². The predicted octanol–water partition coefficient (Wildman–Crippen LogP) is 4.54. The summed E-state index contributed by atoms with van der Waals surface area (Å²) in [6.45, 7) is 7.97. The Morgan fingerprint density at radius 1 is 1.07 bits per heavy atom. The third-order valence-corrected chi connectivity index (χ3v) is 13.7. The smallest absolute Gasteiger partial charge is 0.408 e. The maximum Gasteiger partial charge on any atom is 0.408 e. The summed E-state index contributed by atoms with van der Waals surface area (Å²) in [6, 6.07) is 5.15. The number of sulfonamides is 1. The molecule has 2 aliphatic carbocycles. The van der Waals surface area contributed by atoms with E-state index in [1.807, 2.05) is 31.2 Å². The third-order valence-electron chi connectivity index (χ3n) is 11.6. The number of hydrogen-bond acceptors (Lipinski definition) is 10. The molecule has 4 aliphatic rings. The zero-order valence-electron chi connectivity index (χ0n) is 32.5. The number of halogens is 1. The van der Waals surface area contributed by atoms with E-state index in [0.717, 1.165) is 24.6 Å². The lowest BCUT2D eigenvalue weighted by atomic mass is 9.87. The molecule has 7 atom stereocenters. The van der Waals surface area contributed by atoms with E-state index in [2.05, 4.69) is 27.3 Å². The lowest BCUT2D eigenvalue weighted by Crippen LogP contribution is -2.59. The number of nitrogens with one attached hydrogen (secondary N) is 3. The third kappa shape index (κ3) is 8.48. The van der Waals surface area contributed by atoms with Gasteiger partial charge in [-0.25, -0.2) is 22.6 Å². The minimum absolute atomic E-state index is 0.00910. The summed E-state index contributed by atoms with van der Waals surface area (Å²) in [5.74, 6) is -1.82. The molecule has 2 aliphatic heterocycles. The van der Waals surface area contributed by atoms with Crippen LogP contribution in [0.4, 0.5) is 9.18 Å². The normalized spacial score (nSPS) is 29.8. The van der Waals surface area contributed by atoms with Crippen molar-refractivity contribution in [1.29, 1.82) is 0 Å². The first-order valence-electron chi connectivity index (χ1n) is 19.3. The first-order valence-corrected chi connectivity index (χ1v) is 20.7. The highest BCUT2D eigenvalue weighted by atomic mass is 32.2. The summed E-state index contributed by atoms with van der Waals surface area (Å²) in [4.78, 5) is 62.2. The fourth-order valence-corrected chi connectivity index (χ4v) is 9.59. The number of rotatable bonds is 8. The highest BCUT2D eigenvalue weighted by Crippen LogP contribution is 2.49. The molecule has 3 heterocycles. The van der Waals surface area contributed by atoms with Crippen molar-refractivity contribution in [2.45, 2.75) is 126 Å². The van der Waals surface area contributed by atoms with Crippen molar-refractivity contribution in [2.24, 2.45) is 17.8 Å². The number of amides is 4. The second kappa shape index (κ2) is 15.4. The maximum atomic E-state index is 14.8. The molecule has 2 aromatic rings. The lowest BCUT2D eigenvalue weighted by molar-refractivity contribution is -0.142. The zero-order chi connectivity index (χ0) is 39.9.